The molecule has 0 aromatic carbocycles. The fourth-order valence-electron chi connectivity index (χ4n) is 0.747. The summed E-state index contributed by atoms with van der Waals surface area (Å²) in [5.74, 6) is -0.00172. The van der Waals surface area contributed by atoms with Crippen LogP contribution in [0.25, 0.3) is 0 Å². The summed E-state index contributed by atoms with van der Waals surface area (Å²) in [6, 6.07) is 3.39. The first-order chi connectivity index (χ1) is 5.27. The van der Waals surface area contributed by atoms with E-state index in [-0.39, 0.29) is 5.97 Å². The van der Waals surface area contributed by atoms with E-state index in [9.17, 15) is 4.79 Å². The van der Waals surface area contributed by atoms with E-state index in [2.05, 4.69) is 9.72 Å². The number of hydrogen-bond donors (Lipinski definition) is 1. The van der Waals surface area contributed by atoms with E-state index in [1.54, 1.807) is 12.1 Å². The molecular weight excluding hydrogens is 166 g/mol. The smallest absolute Gasteiger partial charge is 0.354 e. The van der Waals surface area contributed by atoms with Crippen molar-refractivity contribution in [3.8, 4) is 0 Å². The molecule has 0 amide bonds. The van der Waals surface area contributed by atoms with Crippen LogP contribution in [0.4, 0.5) is 0 Å². The molecule has 0 aliphatic heterocycles. The molecule has 0 aliphatic carbocycles. The molecule has 1 aromatic rings. The monoisotopic (exact) mass is 173 g/mol. The fraction of sp³-hybridized carbons (Fsp3) is 0.286. The van der Waals surface area contributed by atoms with E-state index in [0.717, 1.165) is 5.69 Å². The Morgan fingerprint density at radius 3 is 2.91 bits per heavy atom. The van der Waals surface area contributed by atoms with Crippen LogP contribution in [0.1, 0.15) is 16.2 Å². The summed E-state index contributed by atoms with van der Waals surface area (Å²) in [6.07, 6.45) is 0. The van der Waals surface area contributed by atoms with Crippen LogP contribution in [0, 0.1) is 0 Å². The van der Waals surface area contributed by atoms with Gasteiger partial charge in [0.05, 0.1) is 13.0 Å². The van der Waals surface area contributed by atoms with Gasteiger partial charge in [0.2, 0.25) is 0 Å². The average Bonchev–Trinajstić information content (AvgIpc) is 2.50. The van der Waals surface area contributed by atoms with Crippen LogP contribution in [0.2, 0.25) is 0 Å². The van der Waals surface area contributed by atoms with E-state index in [1.165, 1.54) is 7.11 Å². The molecule has 11 heavy (non-hydrogen) atoms. The Morgan fingerprint density at radius 2 is 2.45 bits per heavy atom. The second-order valence-corrected chi connectivity index (χ2v) is 2.29. The van der Waals surface area contributed by atoms with E-state index in [4.69, 9.17) is 11.6 Å². The van der Waals surface area contributed by atoms with Crippen molar-refractivity contribution in [2.45, 2.75) is 5.88 Å². The van der Waals surface area contributed by atoms with Crippen molar-refractivity contribution in [3.63, 3.8) is 0 Å². The number of rotatable bonds is 2. The Hall–Kier alpha value is -0.960. The number of hydrogen-bond acceptors (Lipinski definition) is 2. The normalized spacial score (nSPS) is 9.64. The number of esters is 1. The third kappa shape index (κ3) is 1.74. The predicted molar refractivity (Wildman–Crippen MR) is 41.7 cm³/mol. The first-order valence-corrected chi connectivity index (χ1v) is 3.63. The largest absolute Gasteiger partial charge is 0.464 e. The minimum Gasteiger partial charge on any atom is -0.464 e. The molecule has 1 aromatic heterocycles. The maximum absolute atomic E-state index is 10.8. The number of carbonyl (C=O) groups excluding carboxylic acids is 1. The molecular formula is C7H8ClNO2. The molecule has 0 unspecified atom stereocenters. The van der Waals surface area contributed by atoms with Crippen molar-refractivity contribution >= 4 is 17.6 Å². The van der Waals surface area contributed by atoms with Crippen molar-refractivity contribution < 1.29 is 9.53 Å². The molecule has 0 spiro atoms. The summed E-state index contributed by atoms with van der Waals surface area (Å²) in [7, 11) is 1.34. The summed E-state index contributed by atoms with van der Waals surface area (Å²) in [5.41, 5.74) is 1.25. The zero-order valence-electron chi connectivity index (χ0n) is 6.06. The SMILES string of the molecule is COC(=O)c1ccc(CCl)[nH]1. The molecule has 0 bridgehead atoms. The number of halogens is 1. The van der Waals surface area contributed by atoms with Gasteiger partial charge in [-0.15, -0.1) is 11.6 Å². The summed E-state index contributed by atoms with van der Waals surface area (Å²) >= 11 is 5.50. The highest BCUT2D eigenvalue weighted by molar-refractivity contribution is 6.16. The van der Waals surface area contributed by atoms with Crippen molar-refractivity contribution in [2.75, 3.05) is 7.11 Å². The minimum absolute atomic E-state index is 0.372. The highest BCUT2D eigenvalue weighted by Crippen LogP contribution is 2.05. The summed E-state index contributed by atoms with van der Waals surface area (Å²) < 4.78 is 4.48. The van der Waals surface area contributed by atoms with Gasteiger partial charge in [-0.1, -0.05) is 0 Å². The Bertz CT molecular complexity index is 257. The first kappa shape index (κ1) is 8.14. The zero-order chi connectivity index (χ0) is 8.27. The molecule has 3 nitrogen and oxygen atoms in total. The van der Waals surface area contributed by atoms with Gasteiger partial charge in [0.25, 0.3) is 0 Å². The van der Waals surface area contributed by atoms with E-state index in [0.29, 0.717) is 11.6 Å². The van der Waals surface area contributed by atoms with Gasteiger partial charge in [0, 0.05) is 5.69 Å². The van der Waals surface area contributed by atoms with E-state index < -0.39 is 0 Å². The Morgan fingerprint density at radius 1 is 1.73 bits per heavy atom. The Labute approximate surface area is 69.3 Å². The number of aromatic nitrogens is 1. The van der Waals surface area contributed by atoms with Gasteiger partial charge in [-0.25, -0.2) is 4.79 Å². The Balaban J connectivity index is 2.80. The second kappa shape index (κ2) is 3.44. The average molecular weight is 174 g/mol. The summed E-state index contributed by atoms with van der Waals surface area (Å²) in [4.78, 5) is 13.7. The van der Waals surface area contributed by atoms with E-state index >= 15 is 0 Å². The number of ether oxygens (including phenoxy) is 1. The minimum atomic E-state index is -0.374. The molecule has 0 saturated carbocycles. The van der Waals surface area contributed by atoms with Gasteiger partial charge in [-0.2, -0.15) is 0 Å². The highest BCUT2D eigenvalue weighted by atomic mass is 35.5. The third-order valence-corrected chi connectivity index (χ3v) is 1.58. The van der Waals surface area contributed by atoms with Gasteiger partial charge < -0.3 is 9.72 Å². The topological polar surface area (TPSA) is 42.1 Å². The lowest BCUT2D eigenvalue weighted by Crippen LogP contribution is -2.01. The lowest BCUT2D eigenvalue weighted by atomic mass is 10.4. The zero-order valence-corrected chi connectivity index (χ0v) is 6.81. The van der Waals surface area contributed by atoms with Gasteiger partial charge >= 0.3 is 5.97 Å². The molecule has 0 atom stereocenters. The van der Waals surface area contributed by atoms with Crippen LogP contribution in [0.5, 0.6) is 0 Å². The number of nitrogens with one attached hydrogen (secondary N) is 1. The maximum Gasteiger partial charge on any atom is 0.354 e. The van der Waals surface area contributed by atoms with Crippen molar-refractivity contribution in [1.82, 2.24) is 4.98 Å². The van der Waals surface area contributed by atoms with Gasteiger partial charge in [0.1, 0.15) is 5.69 Å². The first-order valence-electron chi connectivity index (χ1n) is 3.10. The molecule has 1 heterocycles. The van der Waals surface area contributed by atoms with Crippen LogP contribution in [0.15, 0.2) is 12.1 Å². The molecule has 0 radical (unpaired) electrons. The van der Waals surface area contributed by atoms with Crippen LogP contribution in [-0.2, 0) is 10.6 Å². The third-order valence-electron chi connectivity index (χ3n) is 1.30. The summed E-state index contributed by atoms with van der Waals surface area (Å²) in [5, 5.41) is 0. The molecule has 0 fully saturated rings. The highest BCUT2D eigenvalue weighted by Gasteiger charge is 2.06. The molecule has 60 valence electrons. The quantitative estimate of drug-likeness (QED) is 0.545. The molecule has 1 N–H and O–H groups in total. The van der Waals surface area contributed by atoms with E-state index in [1.807, 2.05) is 0 Å². The standard InChI is InChI=1S/C7H8ClNO2/c1-11-7(10)6-3-2-5(4-8)9-6/h2-3,9H,4H2,1H3. The van der Waals surface area contributed by atoms with Gasteiger partial charge in [0.15, 0.2) is 0 Å². The number of alkyl halides is 1. The lowest BCUT2D eigenvalue weighted by Gasteiger charge is -1.93. The van der Waals surface area contributed by atoms with Gasteiger partial charge in [-0.05, 0) is 12.1 Å². The lowest BCUT2D eigenvalue weighted by molar-refractivity contribution is 0.0594. The fourth-order valence-corrected chi connectivity index (χ4v) is 0.903. The van der Waals surface area contributed by atoms with Crippen LogP contribution in [0.3, 0.4) is 0 Å². The van der Waals surface area contributed by atoms with Crippen molar-refractivity contribution in [1.29, 1.82) is 0 Å². The van der Waals surface area contributed by atoms with Crippen molar-refractivity contribution in [2.24, 2.45) is 0 Å². The van der Waals surface area contributed by atoms with Gasteiger partial charge in [-0.3, -0.25) is 0 Å². The van der Waals surface area contributed by atoms with Crippen molar-refractivity contribution in [3.05, 3.63) is 23.5 Å². The molecule has 0 saturated heterocycles. The number of aromatic amines is 1. The predicted octanol–water partition coefficient (Wildman–Crippen LogP) is 1.54. The number of methoxy groups -OCH3 is 1. The summed E-state index contributed by atoms with van der Waals surface area (Å²) in [6.45, 7) is 0. The Kier molecular flexibility index (Phi) is 2.54. The number of H-pyrrole nitrogens is 1. The molecule has 1 rings (SSSR count). The van der Waals surface area contributed by atoms with Crippen LogP contribution < -0.4 is 0 Å². The molecule has 4 heteroatoms. The van der Waals surface area contributed by atoms with Crippen LogP contribution in [-0.4, -0.2) is 18.1 Å². The number of carbonyl (C=O) groups is 1. The maximum atomic E-state index is 10.8. The molecule has 0 aliphatic rings. The second-order valence-electron chi connectivity index (χ2n) is 2.02. The van der Waals surface area contributed by atoms with Crippen LogP contribution >= 0.6 is 11.6 Å².